The van der Waals surface area contributed by atoms with E-state index in [1.807, 2.05) is 6.92 Å². The van der Waals surface area contributed by atoms with Crippen molar-refractivity contribution in [3.05, 3.63) is 0 Å². The van der Waals surface area contributed by atoms with E-state index in [0.29, 0.717) is 5.92 Å². The van der Waals surface area contributed by atoms with E-state index in [-0.39, 0.29) is 5.92 Å². The lowest BCUT2D eigenvalue weighted by Gasteiger charge is -2.31. The van der Waals surface area contributed by atoms with Crippen LogP contribution in [0.25, 0.3) is 0 Å². The lowest BCUT2D eigenvalue weighted by atomic mass is 9.88. The standard InChI is InChI=1S/C11H21NO2/c1-3-12-6-4-10(5-7-12)8-9(2)11(13)14/h9-10H,3-8H2,1-2H3,(H,13,14). The number of carboxylic acids is 1. The third kappa shape index (κ3) is 3.29. The molecule has 0 aromatic rings. The quantitative estimate of drug-likeness (QED) is 0.751. The van der Waals surface area contributed by atoms with E-state index in [0.717, 1.165) is 26.1 Å². The zero-order valence-electron chi connectivity index (χ0n) is 9.20. The lowest BCUT2D eigenvalue weighted by molar-refractivity contribution is -0.141. The van der Waals surface area contributed by atoms with Crippen molar-refractivity contribution in [1.29, 1.82) is 0 Å². The zero-order valence-corrected chi connectivity index (χ0v) is 9.20. The van der Waals surface area contributed by atoms with Crippen LogP contribution in [0.1, 0.15) is 33.1 Å². The maximum absolute atomic E-state index is 10.7. The molecule has 1 aliphatic heterocycles. The predicted molar refractivity (Wildman–Crippen MR) is 56.3 cm³/mol. The SMILES string of the molecule is CCN1CCC(CC(C)C(=O)O)CC1. The van der Waals surface area contributed by atoms with Crippen molar-refractivity contribution >= 4 is 5.97 Å². The minimum atomic E-state index is -0.650. The van der Waals surface area contributed by atoms with Gasteiger partial charge in [-0.15, -0.1) is 0 Å². The molecular weight excluding hydrogens is 178 g/mol. The van der Waals surface area contributed by atoms with E-state index in [1.165, 1.54) is 12.8 Å². The second kappa shape index (κ2) is 5.35. The van der Waals surface area contributed by atoms with Gasteiger partial charge in [0.05, 0.1) is 5.92 Å². The zero-order chi connectivity index (χ0) is 10.6. The molecule has 1 fully saturated rings. The van der Waals surface area contributed by atoms with Crippen molar-refractivity contribution in [3.8, 4) is 0 Å². The monoisotopic (exact) mass is 199 g/mol. The molecule has 0 aromatic carbocycles. The number of likely N-dealkylation sites (tertiary alicyclic amines) is 1. The normalized spacial score (nSPS) is 22.1. The molecule has 0 amide bonds. The number of carboxylic acid groups (broad SMARTS) is 1. The molecule has 14 heavy (non-hydrogen) atoms. The molecule has 0 spiro atoms. The molecule has 1 unspecified atom stereocenters. The van der Waals surface area contributed by atoms with Crippen molar-refractivity contribution in [2.75, 3.05) is 19.6 Å². The van der Waals surface area contributed by atoms with Crippen LogP contribution in [0.2, 0.25) is 0 Å². The number of nitrogens with zero attached hydrogens (tertiary/aromatic N) is 1. The van der Waals surface area contributed by atoms with Crippen LogP contribution in [0.3, 0.4) is 0 Å². The van der Waals surface area contributed by atoms with Gasteiger partial charge in [0.15, 0.2) is 0 Å². The summed E-state index contributed by atoms with van der Waals surface area (Å²) in [5, 5.41) is 8.80. The van der Waals surface area contributed by atoms with Gasteiger partial charge in [0, 0.05) is 0 Å². The summed E-state index contributed by atoms with van der Waals surface area (Å²) in [5.74, 6) is -0.194. The van der Waals surface area contributed by atoms with Gasteiger partial charge in [-0.05, 0) is 44.8 Å². The van der Waals surface area contributed by atoms with Crippen LogP contribution in [0.15, 0.2) is 0 Å². The number of hydrogen-bond acceptors (Lipinski definition) is 2. The van der Waals surface area contributed by atoms with Crippen molar-refractivity contribution in [2.45, 2.75) is 33.1 Å². The maximum Gasteiger partial charge on any atom is 0.306 e. The van der Waals surface area contributed by atoms with Gasteiger partial charge in [-0.25, -0.2) is 0 Å². The molecular formula is C11H21NO2. The Morgan fingerprint density at radius 2 is 2.07 bits per heavy atom. The van der Waals surface area contributed by atoms with E-state index in [4.69, 9.17) is 5.11 Å². The maximum atomic E-state index is 10.7. The van der Waals surface area contributed by atoms with Gasteiger partial charge in [0.2, 0.25) is 0 Å². The molecule has 1 N–H and O–H groups in total. The van der Waals surface area contributed by atoms with Crippen molar-refractivity contribution in [2.24, 2.45) is 11.8 Å². The molecule has 1 atom stereocenters. The van der Waals surface area contributed by atoms with Crippen LogP contribution in [0.4, 0.5) is 0 Å². The number of piperidine rings is 1. The van der Waals surface area contributed by atoms with Gasteiger partial charge in [-0.3, -0.25) is 4.79 Å². The first-order valence-corrected chi connectivity index (χ1v) is 5.58. The summed E-state index contributed by atoms with van der Waals surface area (Å²) in [6.07, 6.45) is 3.20. The minimum absolute atomic E-state index is 0.173. The van der Waals surface area contributed by atoms with Gasteiger partial charge in [-0.1, -0.05) is 13.8 Å². The number of hydrogen-bond donors (Lipinski definition) is 1. The molecule has 82 valence electrons. The molecule has 3 heteroatoms. The number of rotatable bonds is 4. The van der Waals surface area contributed by atoms with Gasteiger partial charge >= 0.3 is 5.97 Å². The van der Waals surface area contributed by atoms with Gasteiger partial charge in [-0.2, -0.15) is 0 Å². The average Bonchev–Trinajstić information content (AvgIpc) is 2.19. The Balaban J connectivity index is 2.25. The molecule has 3 nitrogen and oxygen atoms in total. The molecule has 0 saturated carbocycles. The van der Waals surface area contributed by atoms with E-state index in [9.17, 15) is 4.79 Å². The fourth-order valence-corrected chi connectivity index (χ4v) is 2.14. The Morgan fingerprint density at radius 1 is 1.50 bits per heavy atom. The molecule has 0 radical (unpaired) electrons. The first kappa shape index (κ1) is 11.5. The molecule has 0 aliphatic carbocycles. The Kier molecular flexibility index (Phi) is 4.39. The van der Waals surface area contributed by atoms with Crippen LogP contribution >= 0.6 is 0 Å². The number of carbonyl (C=O) groups is 1. The second-order valence-electron chi connectivity index (χ2n) is 4.35. The van der Waals surface area contributed by atoms with Gasteiger partial charge in [0.25, 0.3) is 0 Å². The van der Waals surface area contributed by atoms with Gasteiger partial charge < -0.3 is 10.0 Å². The highest BCUT2D eigenvalue weighted by atomic mass is 16.4. The summed E-state index contributed by atoms with van der Waals surface area (Å²) in [4.78, 5) is 13.1. The Labute approximate surface area is 86.1 Å². The largest absolute Gasteiger partial charge is 0.481 e. The van der Waals surface area contributed by atoms with E-state index in [1.54, 1.807) is 0 Å². The molecule has 0 aromatic heterocycles. The minimum Gasteiger partial charge on any atom is -0.481 e. The number of aliphatic carboxylic acids is 1. The average molecular weight is 199 g/mol. The molecule has 1 saturated heterocycles. The highest BCUT2D eigenvalue weighted by Crippen LogP contribution is 2.23. The lowest BCUT2D eigenvalue weighted by Crippen LogP contribution is -2.34. The fraction of sp³-hybridized carbons (Fsp3) is 0.909. The van der Waals surface area contributed by atoms with Crippen LogP contribution in [0.5, 0.6) is 0 Å². The first-order chi connectivity index (χ1) is 6.63. The van der Waals surface area contributed by atoms with E-state index >= 15 is 0 Å². The first-order valence-electron chi connectivity index (χ1n) is 5.58. The third-order valence-corrected chi connectivity index (χ3v) is 3.26. The summed E-state index contributed by atoms with van der Waals surface area (Å²) in [5.41, 5.74) is 0. The molecule has 0 bridgehead atoms. The second-order valence-corrected chi connectivity index (χ2v) is 4.35. The summed E-state index contributed by atoms with van der Waals surface area (Å²) in [7, 11) is 0. The summed E-state index contributed by atoms with van der Waals surface area (Å²) < 4.78 is 0. The Morgan fingerprint density at radius 3 is 2.50 bits per heavy atom. The van der Waals surface area contributed by atoms with Crippen LogP contribution in [-0.2, 0) is 4.79 Å². The summed E-state index contributed by atoms with van der Waals surface area (Å²) in [6.45, 7) is 7.41. The summed E-state index contributed by atoms with van der Waals surface area (Å²) >= 11 is 0. The highest BCUT2D eigenvalue weighted by molar-refractivity contribution is 5.69. The van der Waals surface area contributed by atoms with E-state index < -0.39 is 5.97 Å². The predicted octanol–water partition coefficient (Wildman–Crippen LogP) is 1.83. The fourth-order valence-electron chi connectivity index (χ4n) is 2.14. The Hall–Kier alpha value is -0.570. The van der Waals surface area contributed by atoms with Crippen LogP contribution in [-0.4, -0.2) is 35.6 Å². The highest BCUT2D eigenvalue weighted by Gasteiger charge is 2.22. The molecule has 1 aliphatic rings. The third-order valence-electron chi connectivity index (χ3n) is 3.26. The smallest absolute Gasteiger partial charge is 0.306 e. The van der Waals surface area contributed by atoms with Crippen molar-refractivity contribution < 1.29 is 9.90 Å². The molecule has 1 heterocycles. The molecule has 1 rings (SSSR count). The van der Waals surface area contributed by atoms with E-state index in [2.05, 4.69) is 11.8 Å². The summed E-state index contributed by atoms with van der Waals surface area (Å²) in [6, 6.07) is 0. The van der Waals surface area contributed by atoms with Crippen LogP contribution < -0.4 is 0 Å². The van der Waals surface area contributed by atoms with Crippen molar-refractivity contribution in [1.82, 2.24) is 4.90 Å². The topological polar surface area (TPSA) is 40.5 Å². The van der Waals surface area contributed by atoms with Gasteiger partial charge in [0.1, 0.15) is 0 Å². The van der Waals surface area contributed by atoms with Crippen LogP contribution in [0, 0.1) is 11.8 Å². The van der Waals surface area contributed by atoms with Crippen molar-refractivity contribution in [3.63, 3.8) is 0 Å². The Bertz CT molecular complexity index is 186.